The van der Waals surface area contributed by atoms with Gasteiger partial charge in [0.05, 0.1) is 22.3 Å². The number of hydrogen-bond donors (Lipinski definition) is 0. The first-order chi connectivity index (χ1) is 33.0. The third kappa shape index (κ3) is 11.1. The van der Waals surface area contributed by atoms with Crippen molar-refractivity contribution in [2.24, 2.45) is 0 Å². The molecule has 0 spiro atoms. The first kappa shape index (κ1) is 50.7. The van der Waals surface area contributed by atoms with Gasteiger partial charge in [-0.25, -0.2) is 0 Å². The molecular weight excluding hydrogens is 951 g/mol. The highest BCUT2D eigenvalue weighted by molar-refractivity contribution is 8.03. The van der Waals surface area contributed by atoms with Crippen LogP contribution in [0.5, 0.6) is 0 Å². The summed E-state index contributed by atoms with van der Waals surface area (Å²) in [6.45, 7) is 0. The van der Waals surface area contributed by atoms with E-state index in [4.69, 9.17) is 0 Å². The predicted molar refractivity (Wildman–Crippen MR) is 249 cm³/mol. The molecule has 70 heavy (non-hydrogen) atoms. The van der Waals surface area contributed by atoms with Crippen LogP contribution in [0.15, 0.2) is 222 Å². The van der Waals surface area contributed by atoms with Crippen LogP contribution in [-0.4, -0.2) is 17.7 Å². The van der Waals surface area contributed by atoms with E-state index in [0.717, 1.165) is 59.7 Å². The molecule has 0 fully saturated rings. The minimum Gasteiger partial charge on any atom is -0.289 e. The molecular formula is C54H37BF12O2S. The monoisotopic (exact) mass is 988 g/mol. The van der Waals surface area contributed by atoms with Crippen LogP contribution in [0.4, 0.5) is 52.7 Å². The average Bonchev–Trinajstić information content (AvgIpc) is 3.35. The predicted octanol–water partition coefficient (Wildman–Crippen LogP) is 13.3. The Morgan fingerprint density at radius 3 is 0.871 bits per heavy atom. The Balaban J connectivity index is 0.000000218. The Morgan fingerprint density at radius 2 is 0.600 bits per heavy atom. The first-order valence-corrected chi connectivity index (χ1v) is 22.9. The molecule has 0 aliphatic carbocycles. The van der Waals surface area contributed by atoms with Crippen molar-refractivity contribution in [3.8, 4) is 11.1 Å². The number of carbonyl (C=O) groups excluding carboxylic acids is 1. The molecule has 2 nitrogen and oxygen atoms in total. The Bertz CT molecular complexity index is 2770. The molecule has 0 heterocycles. The van der Waals surface area contributed by atoms with Gasteiger partial charge in [0.1, 0.15) is 6.15 Å². The average molecular weight is 989 g/mol. The number of hydrogen-bond acceptors (Lipinski definition) is 2. The zero-order valence-electron chi connectivity index (χ0n) is 36.3. The highest BCUT2D eigenvalue weighted by Gasteiger charge is 2.40. The second-order valence-corrected chi connectivity index (χ2v) is 18.7. The van der Waals surface area contributed by atoms with Crippen LogP contribution in [0.1, 0.15) is 32.6 Å². The van der Waals surface area contributed by atoms with Gasteiger partial charge in [-0.05, 0) is 35.4 Å². The highest BCUT2D eigenvalue weighted by atomic mass is 32.2. The smallest absolute Gasteiger partial charge is 0.289 e. The van der Waals surface area contributed by atoms with Gasteiger partial charge >= 0.3 is 24.7 Å². The summed E-state index contributed by atoms with van der Waals surface area (Å²) in [4.78, 5) is 14.4. The van der Waals surface area contributed by atoms with Crippen molar-refractivity contribution in [1.82, 2.24) is 0 Å². The molecule has 0 bridgehead atoms. The van der Waals surface area contributed by atoms with Gasteiger partial charge in [-0.1, -0.05) is 192 Å². The topological polar surface area (TPSA) is 34.1 Å². The van der Waals surface area contributed by atoms with Crippen LogP contribution in [0, 0.1) is 0 Å². The van der Waals surface area contributed by atoms with E-state index < -0.39 is 63.0 Å². The maximum absolute atomic E-state index is 14.0. The van der Waals surface area contributed by atoms with E-state index in [-0.39, 0.29) is 33.4 Å². The van der Waals surface area contributed by atoms with Crippen molar-refractivity contribution in [2.75, 3.05) is 5.75 Å². The maximum atomic E-state index is 14.0. The van der Waals surface area contributed by atoms with Crippen LogP contribution in [0.25, 0.3) is 11.1 Å². The molecule has 0 atom stereocenters. The molecule has 8 aromatic rings. The van der Waals surface area contributed by atoms with E-state index in [0.29, 0.717) is 63.9 Å². The van der Waals surface area contributed by atoms with Gasteiger partial charge in [0.2, 0.25) is 5.78 Å². The van der Waals surface area contributed by atoms with Gasteiger partial charge in [0.15, 0.2) is 25.5 Å². The summed E-state index contributed by atoms with van der Waals surface area (Å²) < 4.78 is 174. The summed E-state index contributed by atoms with van der Waals surface area (Å²) >= 11 is 0. The van der Waals surface area contributed by atoms with Gasteiger partial charge in [0.25, 0.3) is 0 Å². The van der Waals surface area contributed by atoms with E-state index in [2.05, 4.69) is 0 Å². The maximum Gasteiger partial charge on any atom is 0.416 e. The molecule has 0 N–H and O–H groups in total. The van der Waals surface area contributed by atoms with E-state index >= 15 is 0 Å². The molecule has 0 aromatic heterocycles. The zero-order valence-corrected chi connectivity index (χ0v) is 37.1. The Hall–Kier alpha value is -7.20. The van der Waals surface area contributed by atoms with Crippen molar-refractivity contribution < 1.29 is 61.7 Å². The number of halogens is 12. The fourth-order valence-electron chi connectivity index (χ4n) is 8.33. The minimum absolute atomic E-state index is 0.0114. The standard InChI is InChI=1S/C28H16BF12.C26H21O2S/c30-25(31,32)17-1-9-21(10-2-17)29(22-11-3-18(4-12-22)26(33,34)35,23-13-5-19(6-14-23)27(36,37)38)24-15-7-20(8-16-24)28(39,40)41;27-26(23-18-16-22(17-19-23)21-10-4-1-5-11-21)20-29(28,24-12-6-2-7-13-24)25-14-8-3-9-15-25/h1-16H;1-19H,20H2/q-1;+1. The SMILES string of the molecule is FC(F)(F)c1ccc([B-](c2ccc(C(F)(F)F)cc2)(c2ccc(C(F)(F)F)cc2)c2ccc(C(F)(F)F)cc2)cc1.O=C(C[S+](=O)(c1ccccc1)c1ccccc1)c1ccc(-c2ccccc2)cc1. The lowest BCUT2D eigenvalue weighted by atomic mass is 9.13. The number of ketones is 1. The first-order valence-electron chi connectivity index (χ1n) is 21.2. The Morgan fingerprint density at radius 1 is 0.343 bits per heavy atom. The second kappa shape index (κ2) is 20.0. The van der Waals surface area contributed by atoms with Crippen molar-refractivity contribution in [3.05, 3.63) is 240 Å². The molecule has 0 radical (unpaired) electrons. The number of benzene rings is 8. The third-order valence-electron chi connectivity index (χ3n) is 11.8. The minimum atomic E-state index is -4.77. The van der Waals surface area contributed by atoms with Crippen molar-refractivity contribution in [2.45, 2.75) is 34.5 Å². The van der Waals surface area contributed by atoms with Crippen molar-refractivity contribution in [3.63, 3.8) is 0 Å². The Kier molecular flexibility index (Phi) is 14.5. The van der Waals surface area contributed by atoms with E-state index in [1.54, 1.807) is 0 Å². The van der Waals surface area contributed by atoms with Crippen LogP contribution < -0.4 is 21.9 Å². The quantitative estimate of drug-likeness (QED) is 0.0592. The van der Waals surface area contributed by atoms with Crippen LogP contribution >= 0.6 is 0 Å². The lowest BCUT2D eigenvalue weighted by Crippen LogP contribution is -2.74. The molecule has 0 saturated heterocycles. The lowest BCUT2D eigenvalue weighted by molar-refractivity contribution is -0.138. The molecule has 358 valence electrons. The summed E-state index contributed by atoms with van der Waals surface area (Å²) in [6.07, 6.45) is -22.0. The molecule has 16 heteroatoms. The lowest BCUT2D eigenvalue weighted by Gasteiger charge is -2.44. The van der Waals surface area contributed by atoms with Gasteiger partial charge in [0, 0.05) is 5.56 Å². The number of alkyl halides is 12. The largest absolute Gasteiger partial charge is 0.416 e. The zero-order chi connectivity index (χ0) is 50.5. The number of carbonyl (C=O) groups is 1. The highest BCUT2D eigenvalue weighted by Crippen LogP contribution is 2.34. The Labute approximate surface area is 395 Å². The van der Waals surface area contributed by atoms with Gasteiger partial charge in [-0.3, -0.25) is 4.79 Å². The molecule has 0 saturated carbocycles. The summed E-state index contributed by atoms with van der Waals surface area (Å²) in [5, 5.41) is 0. The van der Waals surface area contributed by atoms with Gasteiger partial charge in [-0.2, -0.15) is 74.5 Å². The van der Waals surface area contributed by atoms with Crippen LogP contribution in [0.2, 0.25) is 0 Å². The van der Waals surface area contributed by atoms with E-state index in [1.165, 1.54) is 0 Å². The van der Waals surface area contributed by atoms with Crippen LogP contribution in [0.3, 0.4) is 0 Å². The summed E-state index contributed by atoms with van der Waals surface area (Å²) in [5.41, 5.74) is -1.57. The molecule has 0 aliphatic rings. The van der Waals surface area contributed by atoms with E-state index in [9.17, 15) is 61.7 Å². The summed E-state index contributed by atoms with van der Waals surface area (Å²) in [6, 6.07) is 49.6. The van der Waals surface area contributed by atoms with Gasteiger partial charge < -0.3 is 0 Å². The normalized spacial score (nSPS) is 12.5. The number of rotatable bonds is 10. The van der Waals surface area contributed by atoms with Crippen molar-refractivity contribution in [1.29, 1.82) is 0 Å². The summed E-state index contributed by atoms with van der Waals surface area (Å²) in [5.74, 6) is -0.173. The van der Waals surface area contributed by atoms with Crippen molar-refractivity contribution >= 4 is 43.7 Å². The molecule has 8 rings (SSSR count). The number of Topliss-reactive ketones (excluding diaryl/α,β-unsaturated/α-hetero) is 1. The molecule has 0 unspecified atom stereocenters. The van der Waals surface area contributed by atoms with E-state index in [1.807, 2.05) is 115 Å². The van der Waals surface area contributed by atoms with Crippen LogP contribution in [-0.2, 0) is 38.8 Å². The molecule has 0 aliphatic heterocycles. The third-order valence-corrected chi connectivity index (χ3v) is 14.6. The molecule has 0 amide bonds. The molecule has 8 aromatic carbocycles. The fourth-order valence-corrected chi connectivity index (χ4v) is 10.7. The van der Waals surface area contributed by atoms with Gasteiger partial charge in [-0.15, -0.1) is 0 Å². The fraction of sp³-hybridized carbons (Fsp3) is 0.0926. The second-order valence-electron chi connectivity index (χ2n) is 16.2. The summed E-state index contributed by atoms with van der Waals surface area (Å²) in [7, 11) is -2.71.